The third kappa shape index (κ3) is 3.95. The van der Waals surface area contributed by atoms with Gasteiger partial charge >= 0.3 is 0 Å². The molecule has 1 aliphatic heterocycles. The van der Waals surface area contributed by atoms with Gasteiger partial charge in [-0.3, -0.25) is 0 Å². The SMILES string of the molecule is CCc1cc(CNC(C)(C)C)cc(N2CCCC2C)n1. The molecule has 1 unspecified atom stereocenters. The molecular weight excluding hydrogens is 246 g/mol. The van der Waals surface area contributed by atoms with Crippen molar-refractivity contribution in [2.24, 2.45) is 0 Å². The molecule has 3 heteroatoms. The molecule has 2 rings (SSSR count). The van der Waals surface area contributed by atoms with E-state index >= 15 is 0 Å². The van der Waals surface area contributed by atoms with Gasteiger partial charge in [-0.15, -0.1) is 0 Å². The van der Waals surface area contributed by atoms with Crippen molar-refractivity contribution < 1.29 is 0 Å². The van der Waals surface area contributed by atoms with Gasteiger partial charge < -0.3 is 10.2 Å². The highest BCUT2D eigenvalue weighted by Crippen LogP contribution is 2.25. The Labute approximate surface area is 123 Å². The largest absolute Gasteiger partial charge is 0.354 e. The molecule has 0 saturated carbocycles. The smallest absolute Gasteiger partial charge is 0.129 e. The van der Waals surface area contributed by atoms with E-state index in [-0.39, 0.29) is 5.54 Å². The lowest BCUT2D eigenvalue weighted by atomic mass is 10.1. The predicted molar refractivity (Wildman–Crippen MR) is 86.2 cm³/mol. The molecule has 1 aromatic heterocycles. The van der Waals surface area contributed by atoms with Gasteiger partial charge in [0, 0.05) is 30.4 Å². The molecule has 0 aliphatic carbocycles. The van der Waals surface area contributed by atoms with Gasteiger partial charge in [0.05, 0.1) is 0 Å². The summed E-state index contributed by atoms with van der Waals surface area (Å²) in [4.78, 5) is 7.28. The van der Waals surface area contributed by atoms with Crippen molar-refractivity contribution in [3.05, 3.63) is 23.4 Å². The standard InChI is InChI=1S/C17H29N3/c1-6-15-10-14(12-18-17(3,4)5)11-16(19-15)20-9-7-8-13(20)2/h10-11,13,18H,6-9,12H2,1-5H3. The molecular formula is C17H29N3. The molecule has 1 N–H and O–H groups in total. The molecule has 1 aromatic rings. The van der Waals surface area contributed by atoms with Crippen molar-refractivity contribution in [2.45, 2.75) is 72.0 Å². The van der Waals surface area contributed by atoms with Crippen molar-refractivity contribution in [1.29, 1.82) is 0 Å². The maximum Gasteiger partial charge on any atom is 0.129 e. The summed E-state index contributed by atoms with van der Waals surface area (Å²) in [6.45, 7) is 13.2. The number of anilines is 1. The fraction of sp³-hybridized carbons (Fsp3) is 0.706. The Bertz CT molecular complexity index is 448. The minimum absolute atomic E-state index is 0.150. The fourth-order valence-corrected chi connectivity index (χ4v) is 2.70. The molecule has 20 heavy (non-hydrogen) atoms. The maximum atomic E-state index is 4.83. The molecule has 2 heterocycles. The van der Waals surface area contributed by atoms with E-state index in [2.05, 4.69) is 57.0 Å². The number of nitrogens with zero attached hydrogens (tertiary/aromatic N) is 2. The van der Waals surface area contributed by atoms with Crippen molar-refractivity contribution >= 4 is 5.82 Å². The van der Waals surface area contributed by atoms with Gasteiger partial charge in [-0.25, -0.2) is 4.98 Å². The van der Waals surface area contributed by atoms with E-state index in [1.165, 1.54) is 29.9 Å². The minimum atomic E-state index is 0.150. The lowest BCUT2D eigenvalue weighted by molar-refractivity contribution is 0.424. The van der Waals surface area contributed by atoms with Crippen LogP contribution in [0.4, 0.5) is 5.82 Å². The fourth-order valence-electron chi connectivity index (χ4n) is 2.70. The highest BCUT2D eigenvalue weighted by Gasteiger charge is 2.22. The molecule has 1 aliphatic rings. The van der Waals surface area contributed by atoms with E-state index in [1.807, 2.05) is 0 Å². The molecule has 1 atom stereocenters. The summed E-state index contributed by atoms with van der Waals surface area (Å²) in [7, 11) is 0. The van der Waals surface area contributed by atoms with E-state index in [1.54, 1.807) is 0 Å². The van der Waals surface area contributed by atoms with Crippen LogP contribution in [0.1, 0.15) is 58.7 Å². The van der Waals surface area contributed by atoms with Crippen LogP contribution in [-0.2, 0) is 13.0 Å². The van der Waals surface area contributed by atoms with Crippen LogP contribution in [0.5, 0.6) is 0 Å². The molecule has 0 amide bonds. The Kier molecular flexibility index (Phi) is 4.69. The van der Waals surface area contributed by atoms with Crippen molar-refractivity contribution in [1.82, 2.24) is 10.3 Å². The zero-order chi connectivity index (χ0) is 14.8. The van der Waals surface area contributed by atoms with Crippen molar-refractivity contribution in [3.63, 3.8) is 0 Å². The first-order valence-corrected chi connectivity index (χ1v) is 7.90. The van der Waals surface area contributed by atoms with Crippen LogP contribution in [-0.4, -0.2) is 23.1 Å². The van der Waals surface area contributed by atoms with E-state index in [0.29, 0.717) is 6.04 Å². The summed E-state index contributed by atoms with van der Waals surface area (Å²) in [6, 6.07) is 5.13. The van der Waals surface area contributed by atoms with Crippen LogP contribution >= 0.6 is 0 Å². The molecule has 3 nitrogen and oxygen atoms in total. The summed E-state index contributed by atoms with van der Waals surface area (Å²) < 4.78 is 0. The lowest BCUT2D eigenvalue weighted by Crippen LogP contribution is -2.35. The third-order valence-corrected chi connectivity index (χ3v) is 3.96. The lowest BCUT2D eigenvalue weighted by Gasteiger charge is -2.25. The molecule has 0 bridgehead atoms. The van der Waals surface area contributed by atoms with Gasteiger partial charge in [0.25, 0.3) is 0 Å². The zero-order valence-corrected chi connectivity index (χ0v) is 13.7. The normalized spacial score (nSPS) is 19.6. The van der Waals surface area contributed by atoms with Crippen molar-refractivity contribution in [3.8, 4) is 0 Å². The molecule has 1 saturated heterocycles. The Balaban J connectivity index is 2.20. The van der Waals surface area contributed by atoms with Crippen LogP contribution in [0.25, 0.3) is 0 Å². The van der Waals surface area contributed by atoms with Gasteiger partial charge in [0.2, 0.25) is 0 Å². The minimum Gasteiger partial charge on any atom is -0.354 e. The van der Waals surface area contributed by atoms with Crippen molar-refractivity contribution in [2.75, 3.05) is 11.4 Å². The number of nitrogens with one attached hydrogen (secondary N) is 1. The average molecular weight is 275 g/mol. The highest BCUT2D eigenvalue weighted by molar-refractivity contribution is 5.44. The highest BCUT2D eigenvalue weighted by atomic mass is 15.2. The van der Waals surface area contributed by atoms with Crippen LogP contribution < -0.4 is 10.2 Å². The Hall–Kier alpha value is -1.09. The number of hydrogen-bond acceptors (Lipinski definition) is 3. The number of rotatable bonds is 4. The molecule has 0 radical (unpaired) electrons. The molecule has 0 spiro atoms. The predicted octanol–water partition coefficient (Wildman–Crippen LogP) is 3.52. The van der Waals surface area contributed by atoms with Gasteiger partial charge in [-0.2, -0.15) is 0 Å². The molecule has 1 fully saturated rings. The first kappa shape index (κ1) is 15.3. The second-order valence-corrected chi connectivity index (χ2v) is 6.97. The number of pyridine rings is 1. The van der Waals surface area contributed by atoms with Gasteiger partial charge in [-0.05, 0) is 64.7 Å². The number of hydrogen-bond donors (Lipinski definition) is 1. The summed E-state index contributed by atoms with van der Waals surface area (Å²) in [5.74, 6) is 1.17. The first-order valence-electron chi connectivity index (χ1n) is 7.90. The zero-order valence-electron chi connectivity index (χ0n) is 13.7. The van der Waals surface area contributed by atoms with Crippen LogP contribution in [0, 0.1) is 0 Å². The van der Waals surface area contributed by atoms with Gasteiger partial charge in [0.1, 0.15) is 5.82 Å². The summed E-state index contributed by atoms with van der Waals surface area (Å²) in [5.41, 5.74) is 2.70. The summed E-state index contributed by atoms with van der Waals surface area (Å²) in [6.07, 6.45) is 3.57. The second kappa shape index (κ2) is 6.13. The van der Waals surface area contributed by atoms with E-state index in [4.69, 9.17) is 4.98 Å². The molecule has 0 aromatic carbocycles. The van der Waals surface area contributed by atoms with E-state index in [0.717, 1.165) is 19.5 Å². The van der Waals surface area contributed by atoms with Crippen LogP contribution in [0.15, 0.2) is 12.1 Å². The average Bonchev–Trinajstić information content (AvgIpc) is 2.81. The monoisotopic (exact) mass is 275 g/mol. The number of aromatic nitrogens is 1. The maximum absolute atomic E-state index is 4.83. The Morgan fingerprint density at radius 1 is 1.35 bits per heavy atom. The number of aryl methyl sites for hydroxylation is 1. The van der Waals surface area contributed by atoms with Gasteiger partial charge in [0.15, 0.2) is 0 Å². The summed E-state index contributed by atoms with van der Waals surface area (Å²) >= 11 is 0. The van der Waals surface area contributed by atoms with E-state index < -0.39 is 0 Å². The Morgan fingerprint density at radius 2 is 2.10 bits per heavy atom. The Morgan fingerprint density at radius 3 is 2.65 bits per heavy atom. The second-order valence-electron chi connectivity index (χ2n) is 6.97. The first-order chi connectivity index (χ1) is 9.39. The van der Waals surface area contributed by atoms with E-state index in [9.17, 15) is 0 Å². The van der Waals surface area contributed by atoms with Crippen LogP contribution in [0.3, 0.4) is 0 Å². The van der Waals surface area contributed by atoms with Crippen LogP contribution in [0.2, 0.25) is 0 Å². The van der Waals surface area contributed by atoms with Gasteiger partial charge in [-0.1, -0.05) is 6.92 Å². The molecule has 112 valence electrons. The third-order valence-electron chi connectivity index (χ3n) is 3.96. The quantitative estimate of drug-likeness (QED) is 0.911. The topological polar surface area (TPSA) is 28.2 Å². The summed E-state index contributed by atoms with van der Waals surface area (Å²) in [5, 5.41) is 3.57.